The number of rotatable bonds is 4. The number of imidazole rings is 1. The quantitative estimate of drug-likeness (QED) is 0.604. The van der Waals surface area contributed by atoms with Crippen LogP contribution in [-0.4, -0.2) is 28.5 Å². The van der Waals surface area contributed by atoms with Gasteiger partial charge in [-0.05, 0) is 0 Å². The summed E-state index contributed by atoms with van der Waals surface area (Å²) in [5.74, 6) is 0.461. The van der Waals surface area contributed by atoms with Crippen molar-refractivity contribution in [3.05, 3.63) is 60.5 Å². The van der Waals surface area contributed by atoms with E-state index in [1.807, 2.05) is 0 Å². The monoisotopic (exact) mass is 363 g/mol. The van der Waals surface area contributed by atoms with Gasteiger partial charge in [0.05, 0.1) is 0 Å². The minimum atomic E-state index is -0.0825. The standard InChI is InChI=1S/C17H23N4Se/c1-5-16-8-6-7-9-17(16,21-15(3)12-14(2)18-21)22-20-11-10-19(4)13-20/h6-13,16H,5H2,1-4H3/q+1. The zero-order valence-corrected chi connectivity index (χ0v) is 15.3. The first kappa shape index (κ1) is 15.3. The topological polar surface area (TPSA) is 26.6 Å². The molecule has 5 heteroatoms. The Morgan fingerprint density at radius 3 is 2.77 bits per heavy atom. The van der Waals surface area contributed by atoms with E-state index in [2.05, 4.69) is 89.7 Å². The van der Waals surface area contributed by atoms with Gasteiger partial charge in [0, 0.05) is 0 Å². The molecule has 2 heterocycles. The van der Waals surface area contributed by atoms with Gasteiger partial charge >= 0.3 is 138 Å². The van der Waals surface area contributed by atoms with Crippen LogP contribution in [0.15, 0.2) is 49.1 Å². The summed E-state index contributed by atoms with van der Waals surface area (Å²) in [6, 6.07) is 2.17. The van der Waals surface area contributed by atoms with Gasteiger partial charge in [-0.3, -0.25) is 0 Å². The summed E-state index contributed by atoms with van der Waals surface area (Å²) in [6.45, 7) is 6.50. The Hall–Kier alpha value is -1.58. The molecule has 0 N–H and O–H groups in total. The average Bonchev–Trinajstić information content (AvgIpc) is 3.04. The molecule has 2 aromatic rings. The van der Waals surface area contributed by atoms with Gasteiger partial charge in [0.1, 0.15) is 0 Å². The molecule has 0 amide bonds. The third kappa shape index (κ3) is 2.59. The summed E-state index contributed by atoms with van der Waals surface area (Å²) in [7, 11) is 2.07. The van der Waals surface area contributed by atoms with Gasteiger partial charge in [-0.15, -0.1) is 0 Å². The Kier molecular flexibility index (Phi) is 4.11. The van der Waals surface area contributed by atoms with Gasteiger partial charge in [-0.25, -0.2) is 0 Å². The zero-order valence-electron chi connectivity index (χ0n) is 13.6. The maximum absolute atomic E-state index is 4.83. The van der Waals surface area contributed by atoms with Crippen molar-refractivity contribution >= 4 is 15.2 Å². The van der Waals surface area contributed by atoms with E-state index in [-0.39, 0.29) is 19.6 Å². The first-order chi connectivity index (χ1) is 10.5. The molecule has 0 fully saturated rings. The van der Waals surface area contributed by atoms with Crippen LogP contribution in [-0.2, 0) is 11.5 Å². The van der Waals surface area contributed by atoms with Gasteiger partial charge in [-0.1, -0.05) is 0 Å². The van der Waals surface area contributed by atoms with Gasteiger partial charge in [0.25, 0.3) is 0 Å². The van der Waals surface area contributed by atoms with E-state index in [4.69, 9.17) is 5.10 Å². The van der Waals surface area contributed by atoms with E-state index in [9.17, 15) is 0 Å². The van der Waals surface area contributed by atoms with Crippen LogP contribution in [0.3, 0.4) is 0 Å². The molecule has 2 atom stereocenters. The fourth-order valence-electron chi connectivity index (χ4n) is 3.08. The molecule has 0 saturated carbocycles. The molecule has 1 aliphatic rings. The summed E-state index contributed by atoms with van der Waals surface area (Å²) in [5.41, 5.74) is 2.32. The summed E-state index contributed by atoms with van der Waals surface area (Å²) in [4.78, 5) is 0. The number of nitrogens with zero attached hydrogens (tertiary/aromatic N) is 4. The van der Waals surface area contributed by atoms with Crippen LogP contribution in [0.1, 0.15) is 24.7 Å². The average molecular weight is 362 g/mol. The van der Waals surface area contributed by atoms with Crippen molar-refractivity contribution in [1.29, 1.82) is 0 Å². The van der Waals surface area contributed by atoms with Crippen molar-refractivity contribution in [2.75, 3.05) is 0 Å². The van der Waals surface area contributed by atoms with Crippen molar-refractivity contribution in [2.45, 2.75) is 31.6 Å². The normalized spacial score (nSPS) is 24.1. The van der Waals surface area contributed by atoms with Crippen LogP contribution in [0, 0.1) is 19.8 Å². The third-order valence-corrected chi connectivity index (χ3v) is 6.89. The van der Waals surface area contributed by atoms with Crippen LogP contribution >= 0.6 is 0 Å². The van der Waals surface area contributed by atoms with E-state index >= 15 is 0 Å². The zero-order chi connectivity index (χ0) is 15.7. The van der Waals surface area contributed by atoms with E-state index in [0.717, 1.165) is 12.1 Å². The van der Waals surface area contributed by atoms with Crippen LogP contribution in [0.2, 0.25) is 0 Å². The van der Waals surface area contributed by atoms with Gasteiger partial charge in [-0.2, -0.15) is 0 Å². The molecule has 2 aromatic heterocycles. The van der Waals surface area contributed by atoms with E-state index in [1.165, 1.54) is 5.69 Å². The van der Waals surface area contributed by atoms with Crippen molar-refractivity contribution < 1.29 is 4.57 Å². The Morgan fingerprint density at radius 1 is 1.36 bits per heavy atom. The summed E-state index contributed by atoms with van der Waals surface area (Å²) in [5, 5.41) is 4.83. The van der Waals surface area contributed by atoms with Crippen molar-refractivity contribution in [2.24, 2.45) is 13.0 Å². The molecule has 0 spiro atoms. The number of allylic oxidation sites excluding steroid dienone is 4. The van der Waals surface area contributed by atoms with Crippen LogP contribution < -0.4 is 4.57 Å². The molecule has 0 aliphatic heterocycles. The summed E-state index contributed by atoms with van der Waals surface area (Å²) >= 11 is 0.194. The Bertz CT molecular complexity index is 725. The number of aromatic nitrogens is 4. The van der Waals surface area contributed by atoms with Crippen molar-refractivity contribution in [3.63, 3.8) is 0 Å². The van der Waals surface area contributed by atoms with Gasteiger partial charge in [0.15, 0.2) is 0 Å². The minimum absolute atomic E-state index is 0.0825. The molecule has 4 nitrogen and oxygen atoms in total. The first-order valence-electron chi connectivity index (χ1n) is 7.67. The molecule has 3 rings (SSSR count). The predicted octanol–water partition coefficient (Wildman–Crippen LogP) is 2.10. The molecular formula is C17H23N4Se+. The second-order valence-corrected chi connectivity index (χ2v) is 8.52. The van der Waals surface area contributed by atoms with Gasteiger partial charge < -0.3 is 0 Å². The maximum atomic E-state index is 4.83. The second kappa shape index (κ2) is 5.90. The first-order valence-corrected chi connectivity index (χ1v) is 9.30. The Balaban J connectivity index is 2.11. The Labute approximate surface area is 138 Å². The number of hydrogen-bond acceptors (Lipinski definition) is 1. The van der Waals surface area contributed by atoms with E-state index < -0.39 is 0 Å². The number of aryl methyl sites for hydroxylation is 3. The molecule has 0 aromatic carbocycles. The van der Waals surface area contributed by atoms with Crippen LogP contribution in [0.25, 0.3) is 0 Å². The second-order valence-electron chi connectivity index (χ2n) is 5.88. The molecule has 2 unspecified atom stereocenters. The van der Waals surface area contributed by atoms with Crippen molar-refractivity contribution in [1.82, 2.24) is 13.4 Å². The van der Waals surface area contributed by atoms with Crippen LogP contribution in [0.4, 0.5) is 0 Å². The SMILES string of the molecule is CCC1C=CC=CC1([Se]n1cc[n+](C)c1)n1nc(C)cc1C. The Morgan fingerprint density at radius 2 is 2.18 bits per heavy atom. The fraction of sp³-hybridized carbons (Fsp3) is 0.412. The summed E-state index contributed by atoms with van der Waals surface area (Å²) < 4.78 is 6.58. The molecule has 0 saturated heterocycles. The molecule has 0 bridgehead atoms. The molecule has 1 aliphatic carbocycles. The molecule has 116 valence electrons. The van der Waals surface area contributed by atoms with E-state index in [0.29, 0.717) is 5.92 Å². The van der Waals surface area contributed by atoms with Gasteiger partial charge in [0.2, 0.25) is 0 Å². The van der Waals surface area contributed by atoms with E-state index in [1.54, 1.807) is 0 Å². The molecule has 0 radical (unpaired) electrons. The summed E-state index contributed by atoms with van der Waals surface area (Å²) in [6.07, 6.45) is 16.5. The molecular weight excluding hydrogens is 339 g/mol. The van der Waals surface area contributed by atoms with Crippen molar-refractivity contribution in [3.8, 4) is 0 Å². The predicted molar refractivity (Wildman–Crippen MR) is 88.5 cm³/mol. The van der Waals surface area contributed by atoms with Crippen LogP contribution in [0.5, 0.6) is 0 Å². The number of hydrogen-bond donors (Lipinski definition) is 0. The third-order valence-electron chi connectivity index (χ3n) is 4.10. The fourth-order valence-corrected chi connectivity index (χ4v) is 6.08. The molecule has 22 heavy (non-hydrogen) atoms.